The lowest BCUT2D eigenvalue weighted by Crippen LogP contribution is -2.50. The van der Waals surface area contributed by atoms with Gasteiger partial charge in [0, 0.05) is 35.6 Å². The molecule has 38 heavy (non-hydrogen) atoms. The predicted molar refractivity (Wildman–Crippen MR) is 152 cm³/mol. The van der Waals surface area contributed by atoms with Gasteiger partial charge in [-0.05, 0) is 62.4 Å². The van der Waals surface area contributed by atoms with E-state index < -0.39 is 0 Å². The maximum atomic E-state index is 14.0. The van der Waals surface area contributed by atoms with Gasteiger partial charge in [0.2, 0.25) is 5.91 Å². The van der Waals surface area contributed by atoms with Crippen LogP contribution in [-0.2, 0) is 17.8 Å². The Morgan fingerprint density at radius 1 is 0.921 bits per heavy atom. The highest BCUT2D eigenvalue weighted by Gasteiger charge is 2.33. The van der Waals surface area contributed by atoms with Crippen molar-refractivity contribution in [3.63, 3.8) is 0 Å². The first kappa shape index (κ1) is 26.7. The van der Waals surface area contributed by atoms with Crippen LogP contribution in [0.15, 0.2) is 48.5 Å². The molecule has 2 aliphatic carbocycles. The summed E-state index contributed by atoms with van der Waals surface area (Å²) in [7, 11) is 0. The molecule has 0 bridgehead atoms. The maximum absolute atomic E-state index is 14.0. The standard InChI is InChI=1S/C31H39ClN4O2/c32-24-12-9-11-23(21-24)31(38)33-20-10-19-29-34-27-17-7-8-18-28(27)35(29)22-30(37)36(25-13-3-1-4-14-25)26-15-5-2-6-16-26/h7-9,11-12,17-18,21,25-26H,1-6,10,13-16,19-20,22H2,(H,33,38). The fourth-order valence-corrected chi connectivity index (χ4v) is 6.50. The molecule has 0 spiro atoms. The SMILES string of the molecule is O=C(NCCCc1nc2ccccc2n1CC(=O)N(C1CCCCC1)C1CCCCC1)c1cccc(Cl)c1. The highest BCUT2D eigenvalue weighted by Crippen LogP contribution is 2.31. The van der Waals surface area contributed by atoms with Gasteiger partial charge in [0.15, 0.2) is 0 Å². The molecule has 0 aliphatic heterocycles. The van der Waals surface area contributed by atoms with Gasteiger partial charge in [-0.15, -0.1) is 0 Å². The van der Waals surface area contributed by atoms with Gasteiger partial charge in [0.05, 0.1) is 11.0 Å². The van der Waals surface area contributed by atoms with Gasteiger partial charge in [-0.3, -0.25) is 9.59 Å². The molecule has 2 saturated carbocycles. The number of imidazole rings is 1. The molecule has 0 radical (unpaired) electrons. The van der Waals surface area contributed by atoms with Crippen LogP contribution < -0.4 is 5.32 Å². The number of benzene rings is 2. The lowest BCUT2D eigenvalue weighted by molar-refractivity contribution is -0.138. The Hall–Kier alpha value is -2.86. The monoisotopic (exact) mass is 534 g/mol. The van der Waals surface area contributed by atoms with E-state index in [2.05, 4.69) is 20.9 Å². The first-order valence-electron chi connectivity index (χ1n) is 14.4. The van der Waals surface area contributed by atoms with Crippen LogP contribution in [-0.4, -0.2) is 44.9 Å². The molecular weight excluding hydrogens is 496 g/mol. The van der Waals surface area contributed by atoms with Crippen molar-refractivity contribution in [3.05, 3.63) is 64.9 Å². The molecule has 2 amide bonds. The van der Waals surface area contributed by atoms with Gasteiger partial charge in [-0.2, -0.15) is 0 Å². The molecule has 2 aliphatic rings. The van der Waals surface area contributed by atoms with Crippen LogP contribution in [0.3, 0.4) is 0 Å². The number of carbonyl (C=O) groups is 2. The van der Waals surface area contributed by atoms with E-state index >= 15 is 0 Å². The molecule has 1 heterocycles. The summed E-state index contributed by atoms with van der Waals surface area (Å²) in [5.41, 5.74) is 2.48. The van der Waals surface area contributed by atoms with Gasteiger partial charge in [-0.25, -0.2) is 4.98 Å². The summed E-state index contributed by atoms with van der Waals surface area (Å²) in [4.78, 5) is 33.7. The van der Waals surface area contributed by atoms with Crippen LogP contribution in [0.1, 0.15) is 86.8 Å². The third kappa shape index (κ3) is 6.40. The summed E-state index contributed by atoms with van der Waals surface area (Å²) in [5.74, 6) is 1.01. The van der Waals surface area contributed by atoms with E-state index in [9.17, 15) is 9.59 Å². The van der Waals surface area contributed by atoms with Crippen LogP contribution in [0.4, 0.5) is 0 Å². The molecule has 2 aromatic carbocycles. The Labute approximate surface area is 230 Å². The Morgan fingerprint density at radius 2 is 1.61 bits per heavy atom. The number of nitrogens with one attached hydrogen (secondary N) is 1. The van der Waals surface area contributed by atoms with E-state index in [1.54, 1.807) is 24.3 Å². The normalized spacial score (nSPS) is 17.0. The fourth-order valence-electron chi connectivity index (χ4n) is 6.31. The summed E-state index contributed by atoms with van der Waals surface area (Å²) >= 11 is 6.03. The van der Waals surface area contributed by atoms with Gasteiger partial charge < -0.3 is 14.8 Å². The van der Waals surface area contributed by atoms with E-state index in [4.69, 9.17) is 16.6 Å². The van der Waals surface area contributed by atoms with Crippen LogP contribution in [0.2, 0.25) is 5.02 Å². The fraction of sp³-hybridized carbons (Fsp3) is 0.516. The maximum Gasteiger partial charge on any atom is 0.251 e. The predicted octanol–water partition coefficient (Wildman–Crippen LogP) is 6.55. The van der Waals surface area contributed by atoms with Crippen LogP contribution in [0, 0.1) is 0 Å². The third-order valence-electron chi connectivity index (χ3n) is 8.20. The number of nitrogens with zero attached hydrogens (tertiary/aromatic N) is 3. The Bertz CT molecular complexity index is 1230. The van der Waals surface area contributed by atoms with Crippen molar-refractivity contribution < 1.29 is 9.59 Å². The Kier molecular flexibility index (Phi) is 9.00. The van der Waals surface area contributed by atoms with E-state index in [0.717, 1.165) is 49.0 Å². The average molecular weight is 535 g/mol. The highest BCUT2D eigenvalue weighted by atomic mass is 35.5. The Morgan fingerprint density at radius 3 is 2.29 bits per heavy atom. The first-order valence-corrected chi connectivity index (χ1v) is 14.8. The van der Waals surface area contributed by atoms with Crippen molar-refractivity contribution in [1.29, 1.82) is 0 Å². The number of aryl methyl sites for hydroxylation is 1. The summed E-state index contributed by atoms with van der Waals surface area (Å²) in [5, 5.41) is 3.53. The molecule has 1 aromatic heterocycles. The number of halogens is 1. The number of hydrogen-bond acceptors (Lipinski definition) is 3. The zero-order valence-corrected chi connectivity index (χ0v) is 23.0. The minimum atomic E-state index is -0.133. The number of fused-ring (bicyclic) bond motifs is 1. The third-order valence-corrected chi connectivity index (χ3v) is 8.44. The largest absolute Gasteiger partial charge is 0.352 e. The zero-order chi connectivity index (χ0) is 26.3. The number of rotatable bonds is 9. The lowest BCUT2D eigenvalue weighted by atomic mass is 9.88. The van der Waals surface area contributed by atoms with Gasteiger partial charge in [-0.1, -0.05) is 68.3 Å². The van der Waals surface area contributed by atoms with Crippen molar-refractivity contribution in [2.75, 3.05) is 6.54 Å². The van der Waals surface area contributed by atoms with E-state index in [0.29, 0.717) is 42.2 Å². The molecule has 0 saturated heterocycles. The van der Waals surface area contributed by atoms with E-state index in [1.165, 1.54) is 38.5 Å². The van der Waals surface area contributed by atoms with Gasteiger partial charge >= 0.3 is 0 Å². The molecule has 5 rings (SSSR count). The topological polar surface area (TPSA) is 67.2 Å². The zero-order valence-electron chi connectivity index (χ0n) is 22.2. The minimum Gasteiger partial charge on any atom is -0.352 e. The quantitative estimate of drug-likeness (QED) is 0.317. The van der Waals surface area contributed by atoms with Crippen molar-refractivity contribution in [2.24, 2.45) is 0 Å². The molecule has 6 nitrogen and oxygen atoms in total. The second-order valence-electron chi connectivity index (χ2n) is 10.9. The smallest absolute Gasteiger partial charge is 0.251 e. The minimum absolute atomic E-state index is 0.133. The van der Waals surface area contributed by atoms with Gasteiger partial charge in [0.1, 0.15) is 12.4 Å². The van der Waals surface area contributed by atoms with Crippen LogP contribution >= 0.6 is 11.6 Å². The molecule has 202 valence electrons. The lowest BCUT2D eigenvalue weighted by Gasteiger charge is -2.42. The molecule has 0 unspecified atom stereocenters. The Balaban J connectivity index is 1.29. The number of amides is 2. The van der Waals surface area contributed by atoms with E-state index in [-0.39, 0.29) is 11.8 Å². The number of carbonyl (C=O) groups excluding carboxylic acids is 2. The second-order valence-corrected chi connectivity index (χ2v) is 11.3. The number of hydrogen-bond donors (Lipinski definition) is 1. The van der Waals surface area contributed by atoms with Crippen LogP contribution in [0.5, 0.6) is 0 Å². The van der Waals surface area contributed by atoms with E-state index in [1.807, 2.05) is 18.2 Å². The molecule has 7 heteroatoms. The van der Waals surface area contributed by atoms with Gasteiger partial charge in [0.25, 0.3) is 5.91 Å². The summed E-state index contributed by atoms with van der Waals surface area (Å²) in [6, 6.07) is 15.8. The second kappa shape index (κ2) is 12.8. The summed E-state index contributed by atoms with van der Waals surface area (Å²) in [6.07, 6.45) is 13.4. The van der Waals surface area contributed by atoms with Crippen molar-refractivity contribution in [2.45, 2.75) is 95.7 Å². The van der Waals surface area contributed by atoms with Crippen molar-refractivity contribution in [3.8, 4) is 0 Å². The highest BCUT2D eigenvalue weighted by molar-refractivity contribution is 6.30. The van der Waals surface area contributed by atoms with Crippen molar-refractivity contribution in [1.82, 2.24) is 19.8 Å². The molecular formula is C31H39ClN4O2. The van der Waals surface area contributed by atoms with Crippen molar-refractivity contribution >= 4 is 34.4 Å². The summed E-state index contributed by atoms with van der Waals surface area (Å²) in [6.45, 7) is 0.858. The first-order chi connectivity index (χ1) is 18.6. The average Bonchev–Trinajstić information content (AvgIpc) is 3.29. The number of para-hydroxylation sites is 2. The molecule has 0 atom stereocenters. The molecule has 1 N–H and O–H groups in total. The number of aromatic nitrogens is 2. The summed E-state index contributed by atoms with van der Waals surface area (Å²) < 4.78 is 2.12. The van der Waals surface area contributed by atoms with Crippen LogP contribution in [0.25, 0.3) is 11.0 Å². The molecule has 3 aromatic rings. The molecule has 2 fully saturated rings.